The maximum absolute atomic E-state index is 11.7. The van der Waals surface area contributed by atoms with Gasteiger partial charge in [-0.05, 0) is 39.5 Å². The zero-order chi connectivity index (χ0) is 12.6. The maximum Gasteiger partial charge on any atom is 0.410 e. The van der Waals surface area contributed by atoms with Crippen LogP contribution in [0, 0.1) is 5.92 Å². The number of carboxylic acid groups (broad SMARTS) is 1. The smallest absolute Gasteiger partial charge is 0.410 e. The summed E-state index contributed by atoms with van der Waals surface area (Å²) in [6, 6.07) is 0.138. The third-order valence-electron chi connectivity index (χ3n) is 3.87. The molecule has 96 valence electrons. The highest BCUT2D eigenvalue weighted by atomic mass is 16.6. The van der Waals surface area contributed by atoms with Crippen LogP contribution < -0.4 is 0 Å². The molecule has 0 atom stereocenters. The largest absolute Gasteiger partial charge is 0.481 e. The zero-order valence-electron chi connectivity index (χ0n) is 10.3. The number of hydrogen-bond acceptors (Lipinski definition) is 3. The van der Waals surface area contributed by atoms with Crippen molar-refractivity contribution < 1.29 is 19.4 Å². The molecule has 2 rings (SSSR count). The van der Waals surface area contributed by atoms with Crippen LogP contribution in [0.15, 0.2) is 0 Å². The van der Waals surface area contributed by atoms with Gasteiger partial charge in [0.15, 0.2) is 0 Å². The van der Waals surface area contributed by atoms with Crippen LogP contribution in [0.25, 0.3) is 0 Å². The van der Waals surface area contributed by atoms with Crippen LogP contribution in [0.3, 0.4) is 0 Å². The Hall–Kier alpha value is -1.26. The lowest BCUT2D eigenvalue weighted by Crippen LogP contribution is -2.41. The van der Waals surface area contributed by atoms with Crippen molar-refractivity contribution in [3.8, 4) is 0 Å². The molecule has 1 saturated heterocycles. The molecular weight excluding hydrogens is 222 g/mol. The van der Waals surface area contributed by atoms with Crippen LogP contribution in [-0.4, -0.2) is 40.3 Å². The van der Waals surface area contributed by atoms with Crippen LogP contribution in [0.1, 0.15) is 39.5 Å². The van der Waals surface area contributed by atoms with E-state index in [2.05, 4.69) is 0 Å². The molecule has 1 saturated carbocycles. The minimum absolute atomic E-state index is 0.138. The Morgan fingerprint density at radius 3 is 2.47 bits per heavy atom. The normalized spacial score (nSPS) is 33.2. The molecule has 2 fully saturated rings. The highest BCUT2D eigenvalue weighted by Gasteiger charge is 2.48. The summed E-state index contributed by atoms with van der Waals surface area (Å²) in [6.07, 6.45) is 2.29. The summed E-state index contributed by atoms with van der Waals surface area (Å²) in [5.74, 6) is -1.00. The highest BCUT2D eigenvalue weighted by molar-refractivity contribution is 5.72. The van der Waals surface area contributed by atoms with Gasteiger partial charge < -0.3 is 14.7 Å². The number of nitrogens with zero attached hydrogens (tertiary/aromatic N) is 1. The van der Waals surface area contributed by atoms with Crippen molar-refractivity contribution in [2.24, 2.45) is 5.92 Å². The molecule has 0 unspecified atom stereocenters. The summed E-state index contributed by atoms with van der Waals surface area (Å²) >= 11 is 0. The molecule has 17 heavy (non-hydrogen) atoms. The second kappa shape index (κ2) is 4.20. The molecule has 0 bridgehead atoms. The topological polar surface area (TPSA) is 66.8 Å². The second-order valence-corrected chi connectivity index (χ2v) is 5.39. The summed E-state index contributed by atoms with van der Waals surface area (Å²) in [4.78, 5) is 24.3. The van der Waals surface area contributed by atoms with Crippen molar-refractivity contribution in [1.82, 2.24) is 4.90 Å². The summed E-state index contributed by atoms with van der Waals surface area (Å²) < 4.78 is 5.49. The number of ether oxygens (including phenoxy) is 1. The van der Waals surface area contributed by atoms with Gasteiger partial charge in [0.25, 0.3) is 0 Å². The molecule has 0 aromatic carbocycles. The Kier molecular flexibility index (Phi) is 3.02. The lowest BCUT2D eigenvalue weighted by Gasteiger charge is -2.33. The average Bonchev–Trinajstić information content (AvgIpc) is 2.56. The fourth-order valence-corrected chi connectivity index (χ4v) is 2.70. The Morgan fingerprint density at radius 1 is 1.47 bits per heavy atom. The Balaban J connectivity index is 2.00. The quantitative estimate of drug-likeness (QED) is 0.801. The van der Waals surface area contributed by atoms with E-state index < -0.39 is 11.6 Å². The number of rotatable bonds is 2. The van der Waals surface area contributed by atoms with E-state index in [1.165, 1.54) is 0 Å². The van der Waals surface area contributed by atoms with Crippen LogP contribution >= 0.6 is 0 Å². The number of carbonyl (C=O) groups is 2. The van der Waals surface area contributed by atoms with E-state index >= 15 is 0 Å². The summed E-state index contributed by atoms with van der Waals surface area (Å²) in [6.45, 7) is 4.53. The van der Waals surface area contributed by atoms with Crippen LogP contribution in [0.4, 0.5) is 4.79 Å². The van der Waals surface area contributed by atoms with Crippen molar-refractivity contribution in [2.75, 3.05) is 6.54 Å². The Morgan fingerprint density at radius 2 is 2.06 bits per heavy atom. The van der Waals surface area contributed by atoms with Crippen LogP contribution in [-0.2, 0) is 9.53 Å². The first kappa shape index (κ1) is 12.2. The predicted molar refractivity (Wildman–Crippen MR) is 60.6 cm³/mol. The van der Waals surface area contributed by atoms with E-state index in [-0.39, 0.29) is 18.1 Å². The van der Waals surface area contributed by atoms with Gasteiger partial charge in [-0.15, -0.1) is 0 Å². The predicted octanol–water partition coefficient (Wildman–Crippen LogP) is 1.86. The molecule has 1 aliphatic carbocycles. The summed E-state index contributed by atoms with van der Waals surface area (Å²) in [5.41, 5.74) is -0.423. The van der Waals surface area contributed by atoms with E-state index in [0.717, 1.165) is 0 Å². The third-order valence-corrected chi connectivity index (χ3v) is 3.87. The van der Waals surface area contributed by atoms with Gasteiger partial charge in [-0.3, -0.25) is 4.79 Å². The number of carbonyl (C=O) groups excluding carboxylic acids is 1. The summed E-state index contributed by atoms with van der Waals surface area (Å²) in [5, 5.41) is 8.94. The van der Waals surface area contributed by atoms with E-state index in [9.17, 15) is 9.59 Å². The Labute approximate surface area is 101 Å². The number of aliphatic carboxylic acids is 1. The number of carboxylic acids is 1. The van der Waals surface area contributed by atoms with Gasteiger partial charge in [0.1, 0.15) is 5.60 Å². The SMILES string of the molecule is CC(C)N1CC2(CCC(C(=O)O)CC2)OC1=O. The maximum atomic E-state index is 11.7. The lowest BCUT2D eigenvalue weighted by molar-refractivity contribution is -0.144. The molecule has 0 aromatic rings. The van der Waals surface area contributed by atoms with Gasteiger partial charge in [0, 0.05) is 6.04 Å². The molecule has 5 heteroatoms. The number of amides is 1. The van der Waals surface area contributed by atoms with Crippen LogP contribution in [0.5, 0.6) is 0 Å². The molecule has 1 N–H and O–H groups in total. The first-order valence-corrected chi connectivity index (χ1v) is 6.16. The van der Waals surface area contributed by atoms with Gasteiger partial charge in [0.05, 0.1) is 12.5 Å². The van der Waals surface area contributed by atoms with E-state index in [4.69, 9.17) is 9.84 Å². The van der Waals surface area contributed by atoms with E-state index in [1.54, 1.807) is 4.90 Å². The van der Waals surface area contributed by atoms with Gasteiger partial charge >= 0.3 is 12.1 Å². The average molecular weight is 241 g/mol. The second-order valence-electron chi connectivity index (χ2n) is 5.39. The zero-order valence-corrected chi connectivity index (χ0v) is 10.3. The third kappa shape index (κ3) is 2.23. The van der Waals surface area contributed by atoms with Crippen molar-refractivity contribution in [2.45, 2.75) is 51.2 Å². The lowest BCUT2D eigenvalue weighted by atomic mass is 9.79. The van der Waals surface area contributed by atoms with Crippen molar-refractivity contribution in [3.63, 3.8) is 0 Å². The minimum Gasteiger partial charge on any atom is -0.481 e. The first-order chi connectivity index (χ1) is 7.93. The molecule has 5 nitrogen and oxygen atoms in total. The molecular formula is C12H19NO4. The van der Waals surface area contributed by atoms with E-state index in [0.29, 0.717) is 32.2 Å². The molecule has 2 aliphatic rings. The van der Waals surface area contributed by atoms with Gasteiger partial charge in [-0.1, -0.05) is 0 Å². The molecule has 1 amide bonds. The molecule has 0 radical (unpaired) electrons. The molecule has 1 heterocycles. The minimum atomic E-state index is -0.732. The monoisotopic (exact) mass is 241 g/mol. The van der Waals surface area contributed by atoms with Crippen molar-refractivity contribution in [1.29, 1.82) is 0 Å². The first-order valence-electron chi connectivity index (χ1n) is 6.16. The standard InChI is InChI=1S/C12H19NO4/c1-8(2)13-7-12(17-11(13)16)5-3-9(4-6-12)10(14)15/h8-9H,3-7H2,1-2H3,(H,14,15). The van der Waals surface area contributed by atoms with Gasteiger partial charge in [-0.25, -0.2) is 4.79 Å². The summed E-state index contributed by atoms with van der Waals surface area (Å²) in [7, 11) is 0. The van der Waals surface area contributed by atoms with Crippen LogP contribution in [0.2, 0.25) is 0 Å². The Bertz CT molecular complexity index is 331. The van der Waals surface area contributed by atoms with Gasteiger partial charge in [-0.2, -0.15) is 0 Å². The van der Waals surface area contributed by atoms with Crippen molar-refractivity contribution >= 4 is 12.1 Å². The molecule has 0 aromatic heterocycles. The van der Waals surface area contributed by atoms with Gasteiger partial charge in [0.2, 0.25) is 0 Å². The molecule has 1 aliphatic heterocycles. The molecule has 1 spiro atoms. The fourth-order valence-electron chi connectivity index (χ4n) is 2.70. The fraction of sp³-hybridized carbons (Fsp3) is 0.833. The van der Waals surface area contributed by atoms with E-state index in [1.807, 2.05) is 13.8 Å². The number of hydrogen-bond donors (Lipinski definition) is 1. The van der Waals surface area contributed by atoms with Crippen molar-refractivity contribution in [3.05, 3.63) is 0 Å². The highest BCUT2D eigenvalue weighted by Crippen LogP contribution is 2.39.